The fourth-order valence-electron chi connectivity index (χ4n) is 2.87. The van der Waals surface area contributed by atoms with Crippen LogP contribution in [0.5, 0.6) is 11.5 Å². The third kappa shape index (κ3) is 3.79. The van der Waals surface area contributed by atoms with Crippen molar-refractivity contribution in [3.05, 3.63) is 75.5 Å². The van der Waals surface area contributed by atoms with Gasteiger partial charge in [0.15, 0.2) is 22.4 Å². The number of hydrogen-bond acceptors (Lipinski definition) is 6. The summed E-state index contributed by atoms with van der Waals surface area (Å²) in [6.45, 7) is 0. The minimum Gasteiger partial charge on any atom is -0.493 e. The highest BCUT2D eigenvalue weighted by Crippen LogP contribution is 2.32. The first-order valence-electron chi connectivity index (χ1n) is 8.22. The maximum atomic E-state index is 13.1. The predicted octanol–water partition coefficient (Wildman–Crippen LogP) is 2.90. The molecule has 2 N–H and O–H groups in total. The number of methoxy groups -OCH3 is 2. The van der Waals surface area contributed by atoms with Crippen molar-refractivity contribution >= 4 is 28.8 Å². The van der Waals surface area contributed by atoms with Gasteiger partial charge >= 0.3 is 0 Å². The van der Waals surface area contributed by atoms with Crippen molar-refractivity contribution in [2.24, 2.45) is 0 Å². The van der Waals surface area contributed by atoms with Crippen LogP contribution in [0.4, 0.5) is 5.69 Å². The number of non-ortho nitro benzene ring substituents is 1. The summed E-state index contributed by atoms with van der Waals surface area (Å²) in [5, 5.41) is 17.1. The summed E-state index contributed by atoms with van der Waals surface area (Å²) in [4.78, 5) is 23.5. The molecule has 1 aliphatic rings. The number of ether oxygens (including phenoxy) is 2. The van der Waals surface area contributed by atoms with Crippen LogP contribution in [0.15, 0.2) is 54.2 Å². The second kappa shape index (κ2) is 8.05. The molecule has 1 unspecified atom stereocenters. The first-order chi connectivity index (χ1) is 13.4. The van der Waals surface area contributed by atoms with E-state index >= 15 is 0 Å². The van der Waals surface area contributed by atoms with Gasteiger partial charge < -0.3 is 20.1 Å². The molecule has 0 bridgehead atoms. The Bertz CT molecular complexity index is 972. The maximum absolute atomic E-state index is 13.1. The summed E-state index contributed by atoms with van der Waals surface area (Å²) in [5.74, 6) is 0.709. The van der Waals surface area contributed by atoms with Gasteiger partial charge in [-0.2, -0.15) is 0 Å². The maximum Gasteiger partial charge on any atom is 0.269 e. The number of rotatable bonds is 6. The van der Waals surface area contributed by atoms with E-state index in [9.17, 15) is 14.9 Å². The van der Waals surface area contributed by atoms with E-state index in [1.807, 2.05) is 0 Å². The van der Waals surface area contributed by atoms with E-state index in [-0.39, 0.29) is 11.5 Å². The Morgan fingerprint density at radius 3 is 2.39 bits per heavy atom. The van der Waals surface area contributed by atoms with E-state index in [1.165, 1.54) is 26.4 Å². The van der Waals surface area contributed by atoms with Gasteiger partial charge in [-0.3, -0.25) is 14.9 Å². The van der Waals surface area contributed by atoms with Crippen molar-refractivity contribution in [3.8, 4) is 11.5 Å². The van der Waals surface area contributed by atoms with Crippen LogP contribution in [0.25, 0.3) is 0 Å². The van der Waals surface area contributed by atoms with E-state index in [0.29, 0.717) is 33.3 Å². The second-order valence-electron chi connectivity index (χ2n) is 5.90. The SMILES string of the molecule is COc1ccc(C(=O)C2=CNC(=S)NC2c2ccc([N+](=O)[O-])cc2)cc1OC. The smallest absolute Gasteiger partial charge is 0.269 e. The lowest BCUT2D eigenvalue weighted by atomic mass is 9.92. The van der Waals surface area contributed by atoms with E-state index in [0.717, 1.165) is 0 Å². The highest BCUT2D eigenvalue weighted by Gasteiger charge is 2.28. The number of nitrogens with zero attached hydrogens (tertiary/aromatic N) is 1. The van der Waals surface area contributed by atoms with Crippen LogP contribution in [-0.2, 0) is 0 Å². The molecule has 0 aromatic heterocycles. The lowest BCUT2D eigenvalue weighted by molar-refractivity contribution is -0.384. The molecule has 144 valence electrons. The topological polar surface area (TPSA) is 103 Å². The number of nitrogens with one attached hydrogen (secondary N) is 2. The zero-order valence-corrected chi connectivity index (χ0v) is 15.9. The molecule has 1 heterocycles. The molecule has 0 fully saturated rings. The van der Waals surface area contributed by atoms with Crippen molar-refractivity contribution in [1.29, 1.82) is 0 Å². The van der Waals surface area contributed by atoms with Crippen LogP contribution in [0.1, 0.15) is 22.0 Å². The molecule has 2 aromatic rings. The minimum atomic E-state index is -0.546. The number of hydrogen-bond donors (Lipinski definition) is 2. The summed E-state index contributed by atoms with van der Waals surface area (Å²) < 4.78 is 10.5. The van der Waals surface area contributed by atoms with Gasteiger partial charge in [-0.1, -0.05) is 0 Å². The number of nitro benzene ring substituents is 1. The average Bonchev–Trinajstić information content (AvgIpc) is 2.72. The van der Waals surface area contributed by atoms with Crippen LogP contribution < -0.4 is 20.1 Å². The first kappa shape index (κ1) is 19.3. The molecular weight excluding hydrogens is 382 g/mol. The van der Waals surface area contributed by atoms with E-state index < -0.39 is 11.0 Å². The summed E-state index contributed by atoms with van der Waals surface area (Å²) in [6, 6.07) is 10.3. The molecule has 8 nitrogen and oxygen atoms in total. The van der Waals surface area contributed by atoms with Crippen molar-refractivity contribution in [3.63, 3.8) is 0 Å². The Morgan fingerprint density at radius 2 is 1.79 bits per heavy atom. The molecule has 0 saturated carbocycles. The molecule has 3 rings (SSSR count). The highest BCUT2D eigenvalue weighted by atomic mass is 32.1. The number of ketones is 1. The van der Waals surface area contributed by atoms with Gasteiger partial charge in [0.05, 0.1) is 25.2 Å². The number of benzene rings is 2. The first-order valence-corrected chi connectivity index (χ1v) is 8.63. The lowest BCUT2D eigenvalue weighted by Gasteiger charge is -2.27. The Morgan fingerprint density at radius 1 is 1.11 bits per heavy atom. The minimum absolute atomic E-state index is 0.0305. The molecule has 1 atom stereocenters. The number of carbonyl (C=O) groups is 1. The van der Waals surface area contributed by atoms with Gasteiger partial charge in [-0.15, -0.1) is 0 Å². The molecule has 0 amide bonds. The molecule has 9 heteroatoms. The average molecular weight is 399 g/mol. The number of Topliss-reactive ketones (excluding diaryl/α,β-unsaturated/α-hetero) is 1. The number of nitro groups is 1. The summed E-state index contributed by atoms with van der Waals surface area (Å²) in [5.41, 5.74) is 1.47. The Kier molecular flexibility index (Phi) is 5.55. The third-order valence-corrected chi connectivity index (χ3v) is 4.53. The normalized spacial score (nSPS) is 15.7. The van der Waals surface area contributed by atoms with Crippen LogP contribution in [0.3, 0.4) is 0 Å². The van der Waals surface area contributed by atoms with Crippen molar-refractivity contribution in [2.75, 3.05) is 14.2 Å². The molecule has 0 aliphatic carbocycles. The van der Waals surface area contributed by atoms with Gasteiger partial charge in [-0.25, -0.2) is 0 Å². The second-order valence-corrected chi connectivity index (χ2v) is 6.31. The lowest BCUT2D eigenvalue weighted by Crippen LogP contribution is -2.42. The molecular formula is C19H17N3O5S. The zero-order valence-electron chi connectivity index (χ0n) is 15.1. The van der Waals surface area contributed by atoms with Gasteiger partial charge in [0.1, 0.15) is 0 Å². The molecule has 2 aromatic carbocycles. The van der Waals surface area contributed by atoms with E-state index in [1.54, 1.807) is 36.5 Å². The highest BCUT2D eigenvalue weighted by molar-refractivity contribution is 7.80. The molecule has 1 aliphatic heterocycles. The summed E-state index contributed by atoms with van der Waals surface area (Å²) in [6.07, 6.45) is 1.55. The Hall–Kier alpha value is -3.46. The number of carbonyl (C=O) groups excluding carboxylic acids is 1. The van der Waals surface area contributed by atoms with Crippen molar-refractivity contribution in [2.45, 2.75) is 6.04 Å². The third-order valence-electron chi connectivity index (χ3n) is 4.29. The van der Waals surface area contributed by atoms with E-state index in [4.69, 9.17) is 21.7 Å². The standard InChI is InChI=1S/C19H17N3O5S/c1-26-15-8-5-12(9-16(15)27-2)18(23)14-10-20-19(28)21-17(14)11-3-6-13(7-4-11)22(24)25/h3-10,17H,1-2H3,(H2,20,21,28). The van der Waals surface area contributed by atoms with Crippen molar-refractivity contribution in [1.82, 2.24) is 10.6 Å². The van der Waals surface area contributed by atoms with Gasteiger partial charge in [0.25, 0.3) is 5.69 Å². The van der Waals surface area contributed by atoms with Crippen LogP contribution in [0, 0.1) is 10.1 Å². The Labute approximate surface area is 166 Å². The predicted molar refractivity (Wildman–Crippen MR) is 107 cm³/mol. The fourth-order valence-corrected chi connectivity index (χ4v) is 3.05. The van der Waals surface area contributed by atoms with Gasteiger partial charge in [0, 0.05) is 29.5 Å². The molecule has 0 radical (unpaired) electrons. The quantitative estimate of drug-likeness (QED) is 0.331. The summed E-state index contributed by atoms with van der Waals surface area (Å²) >= 11 is 5.16. The zero-order chi connectivity index (χ0) is 20.3. The fraction of sp³-hybridized carbons (Fsp3) is 0.158. The monoisotopic (exact) mass is 399 g/mol. The van der Waals surface area contributed by atoms with Crippen LogP contribution in [0.2, 0.25) is 0 Å². The van der Waals surface area contributed by atoms with Crippen LogP contribution in [-0.4, -0.2) is 30.0 Å². The number of thiocarbonyl (C=S) groups is 1. The van der Waals surface area contributed by atoms with Gasteiger partial charge in [-0.05, 0) is 48.1 Å². The Balaban J connectivity index is 1.97. The molecule has 28 heavy (non-hydrogen) atoms. The molecule has 0 saturated heterocycles. The molecule has 0 spiro atoms. The van der Waals surface area contributed by atoms with Gasteiger partial charge in [0.2, 0.25) is 0 Å². The van der Waals surface area contributed by atoms with Crippen LogP contribution >= 0.6 is 12.2 Å². The van der Waals surface area contributed by atoms with E-state index in [2.05, 4.69) is 10.6 Å². The van der Waals surface area contributed by atoms with Crippen molar-refractivity contribution < 1.29 is 19.2 Å². The largest absolute Gasteiger partial charge is 0.493 e. The summed E-state index contributed by atoms with van der Waals surface area (Å²) in [7, 11) is 3.01.